The van der Waals surface area contributed by atoms with E-state index in [1.54, 1.807) is 12.1 Å². The molecular weight excluding hydrogens is 261 g/mol. The van der Waals surface area contributed by atoms with Gasteiger partial charge in [0.15, 0.2) is 0 Å². The average molecular weight is 278 g/mol. The SMILES string of the molecule is CCNC(c1ccccc1C)c1cc(Cl)ccc1F. The van der Waals surface area contributed by atoms with Gasteiger partial charge < -0.3 is 5.32 Å². The number of halogens is 2. The van der Waals surface area contributed by atoms with Crippen molar-refractivity contribution in [2.24, 2.45) is 0 Å². The van der Waals surface area contributed by atoms with Crippen molar-refractivity contribution >= 4 is 11.6 Å². The van der Waals surface area contributed by atoms with Crippen molar-refractivity contribution in [3.63, 3.8) is 0 Å². The van der Waals surface area contributed by atoms with E-state index in [1.807, 2.05) is 38.1 Å². The summed E-state index contributed by atoms with van der Waals surface area (Å²) in [5.41, 5.74) is 2.79. The molecule has 19 heavy (non-hydrogen) atoms. The molecule has 0 spiro atoms. The van der Waals surface area contributed by atoms with Crippen LogP contribution in [0.1, 0.15) is 29.7 Å². The van der Waals surface area contributed by atoms with Gasteiger partial charge in [0, 0.05) is 10.6 Å². The summed E-state index contributed by atoms with van der Waals surface area (Å²) in [4.78, 5) is 0. The van der Waals surface area contributed by atoms with Crippen molar-refractivity contribution < 1.29 is 4.39 Å². The Bertz CT molecular complexity index is 568. The summed E-state index contributed by atoms with van der Waals surface area (Å²) in [6.45, 7) is 4.79. The minimum Gasteiger partial charge on any atom is -0.306 e. The normalized spacial score (nSPS) is 12.4. The Labute approximate surface area is 118 Å². The van der Waals surface area contributed by atoms with E-state index in [9.17, 15) is 4.39 Å². The molecule has 1 unspecified atom stereocenters. The van der Waals surface area contributed by atoms with Gasteiger partial charge in [0.05, 0.1) is 6.04 Å². The Hall–Kier alpha value is -1.38. The lowest BCUT2D eigenvalue weighted by molar-refractivity contribution is 0.558. The van der Waals surface area contributed by atoms with Gasteiger partial charge in [-0.05, 0) is 42.8 Å². The summed E-state index contributed by atoms with van der Waals surface area (Å²) in [5, 5.41) is 3.87. The van der Waals surface area contributed by atoms with Crippen molar-refractivity contribution in [1.29, 1.82) is 0 Å². The largest absolute Gasteiger partial charge is 0.306 e. The van der Waals surface area contributed by atoms with Crippen molar-refractivity contribution in [2.45, 2.75) is 19.9 Å². The van der Waals surface area contributed by atoms with Gasteiger partial charge in [-0.15, -0.1) is 0 Å². The van der Waals surface area contributed by atoms with E-state index in [4.69, 9.17) is 11.6 Å². The van der Waals surface area contributed by atoms with Gasteiger partial charge in [-0.25, -0.2) is 4.39 Å². The van der Waals surface area contributed by atoms with E-state index in [0.717, 1.165) is 17.7 Å². The lowest BCUT2D eigenvalue weighted by Gasteiger charge is -2.21. The molecule has 0 saturated heterocycles. The maximum atomic E-state index is 14.1. The first-order valence-corrected chi connectivity index (χ1v) is 6.75. The maximum absolute atomic E-state index is 14.1. The van der Waals surface area contributed by atoms with Crippen LogP contribution < -0.4 is 5.32 Å². The summed E-state index contributed by atoms with van der Waals surface area (Å²) in [6, 6.07) is 12.5. The lowest BCUT2D eigenvalue weighted by Crippen LogP contribution is -2.23. The second kappa shape index (κ2) is 6.18. The summed E-state index contributed by atoms with van der Waals surface area (Å²) in [6.07, 6.45) is 0. The molecule has 2 aromatic carbocycles. The maximum Gasteiger partial charge on any atom is 0.128 e. The smallest absolute Gasteiger partial charge is 0.128 e. The first-order valence-electron chi connectivity index (χ1n) is 6.37. The molecule has 0 aromatic heterocycles. The molecule has 1 nitrogen and oxygen atoms in total. The van der Waals surface area contributed by atoms with Gasteiger partial charge >= 0.3 is 0 Å². The predicted molar refractivity (Wildman–Crippen MR) is 78.1 cm³/mol. The Morgan fingerprint density at radius 3 is 2.58 bits per heavy atom. The van der Waals surface area contributed by atoms with Crippen LogP contribution in [-0.4, -0.2) is 6.54 Å². The number of aryl methyl sites for hydroxylation is 1. The first-order chi connectivity index (χ1) is 9.13. The molecule has 0 heterocycles. The van der Waals surface area contributed by atoms with Crippen LogP contribution in [0, 0.1) is 12.7 Å². The predicted octanol–water partition coefficient (Wildman–Crippen LogP) is 4.49. The molecule has 0 aliphatic heterocycles. The van der Waals surface area contributed by atoms with E-state index < -0.39 is 0 Å². The zero-order valence-electron chi connectivity index (χ0n) is 11.1. The van der Waals surface area contributed by atoms with Crippen molar-refractivity contribution in [3.8, 4) is 0 Å². The van der Waals surface area contributed by atoms with Gasteiger partial charge in [0.1, 0.15) is 5.82 Å². The molecule has 1 atom stereocenters. The number of hydrogen-bond acceptors (Lipinski definition) is 1. The van der Waals surface area contributed by atoms with Gasteiger partial charge in [-0.3, -0.25) is 0 Å². The highest BCUT2D eigenvalue weighted by atomic mass is 35.5. The van der Waals surface area contributed by atoms with Crippen molar-refractivity contribution in [1.82, 2.24) is 5.32 Å². The minimum atomic E-state index is -0.237. The van der Waals surface area contributed by atoms with Gasteiger partial charge in [0.2, 0.25) is 0 Å². The van der Waals surface area contributed by atoms with E-state index in [-0.39, 0.29) is 11.9 Å². The number of nitrogens with one attached hydrogen (secondary N) is 1. The topological polar surface area (TPSA) is 12.0 Å². The van der Waals surface area contributed by atoms with Crippen LogP contribution in [0.25, 0.3) is 0 Å². The van der Waals surface area contributed by atoms with E-state index in [1.165, 1.54) is 6.07 Å². The fourth-order valence-electron chi connectivity index (χ4n) is 2.24. The van der Waals surface area contributed by atoms with E-state index in [2.05, 4.69) is 5.32 Å². The zero-order valence-corrected chi connectivity index (χ0v) is 11.8. The monoisotopic (exact) mass is 277 g/mol. The third-order valence-corrected chi connectivity index (χ3v) is 3.41. The average Bonchev–Trinajstić information content (AvgIpc) is 2.40. The van der Waals surface area contributed by atoms with Crippen LogP contribution in [0.15, 0.2) is 42.5 Å². The second-order valence-corrected chi connectivity index (χ2v) is 4.95. The highest BCUT2D eigenvalue weighted by molar-refractivity contribution is 6.30. The first kappa shape index (κ1) is 14.0. The number of hydrogen-bond donors (Lipinski definition) is 1. The molecule has 2 aromatic rings. The third kappa shape index (κ3) is 3.14. The summed E-state index contributed by atoms with van der Waals surface area (Å²) in [5.74, 6) is -0.237. The molecule has 0 aliphatic rings. The minimum absolute atomic E-state index is 0.176. The second-order valence-electron chi connectivity index (χ2n) is 4.51. The standard InChI is InChI=1S/C16H17ClFN/c1-3-19-16(13-7-5-4-6-11(13)2)14-10-12(17)8-9-15(14)18/h4-10,16,19H,3H2,1-2H3. The Balaban J connectivity index is 2.51. The number of benzene rings is 2. The Kier molecular flexibility index (Phi) is 4.56. The molecule has 0 aliphatic carbocycles. The van der Waals surface area contributed by atoms with Crippen LogP contribution in [0.5, 0.6) is 0 Å². The summed E-state index contributed by atoms with van der Waals surface area (Å²) < 4.78 is 14.1. The summed E-state index contributed by atoms with van der Waals surface area (Å²) in [7, 11) is 0. The molecule has 0 fully saturated rings. The fraction of sp³-hybridized carbons (Fsp3) is 0.250. The Morgan fingerprint density at radius 1 is 1.16 bits per heavy atom. The number of rotatable bonds is 4. The quantitative estimate of drug-likeness (QED) is 0.868. The van der Waals surface area contributed by atoms with Crippen LogP contribution in [0.2, 0.25) is 5.02 Å². The van der Waals surface area contributed by atoms with Crippen LogP contribution in [-0.2, 0) is 0 Å². The highest BCUT2D eigenvalue weighted by Crippen LogP contribution is 2.28. The molecule has 0 radical (unpaired) electrons. The fourth-order valence-corrected chi connectivity index (χ4v) is 2.42. The molecule has 0 saturated carbocycles. The zero-order chi connectivity index (χ0) is 13.8. The van der Waals surface area contributed by atoms with Gasteiger partial charge in [0.25, 0.3) is 0 Å². The van der Waals surface area contributed by atoms with Crippen LogP contribution >= 0.6 is 11.6 Å². The highest BCUT2D eigenvalue weighted by Gasteiger charge is 2.18. The molecule has 0 amide bonds. The molecule has 3 heteroatoms. The van der Waals surface area contributed by atoms with Crippen LogP contribution in [0.3, 0.4) is 0 Å². The van der Waals surface area contributed by atoms with Crippen molar-refractivity contribution in [3.05, 3.63) is 70.0 Å². The molecule has 0 bridgehead atoms. The van der Waals surface area contributed by atoms with Crippen molar-refractivity contribution in [2.75, 3.05) is 6.54 Å². The summed E-state index contributed by atoms with van der Waals surface area (Å²) >= 11 is 5.99. The Morgan fingerprint density at radius 2 is 1.89 bits per heavy atom. The molecule has 1 N–H and O–H groups in total. The van der Waals surface area contributed by atoms with Gasteiger partial charge in [-0.2, -0.15) is 0 Å². The van der Waals surface area contributed by atoms with E-state index >= 15 is 0 Å². The van der Waals surface area contributed by atoms with Gasteiger partial charge in [-0.1, -0.05) is 42.8 Å². The lowest BCUT2D eigenvalue weighted by atomic mass is 9.94. The molecular formula is C16H17ClFN. The van der Waals surface area contributed by atoms with Crippen LogP contribution in [0.4, 0.5) is 4.39 Å². The third-order valence-electron chi connectivity index (χ3n) is 3.18. The molecule has 2 rings (SSSR count). The molecule has 100 valence electrons. The van der Waals surface area contributed by atoms with E-state index in [0.29, 0.717) is 10.6 Å².